The Morgan fingerprint density at radius 3 is 2.82 bits per heavy atom. The lowest BCUT2D eigenvalue weighted by Crippen LogP contribution is -2.28. The van der Waals surface area contributed by atoms with E-state index in [4.69, 9.17) is 16.2 Å². The van der Waals surface area contributed by atoms with Gasteiger partial charge in [0.25, 0.3) is 0 Å². The lowest BCUT2D eigenvalue weighted by molar-refractivity contribution is -0.121. The third kappa shape index (κ3) is 2.35. The van der Waals surface area contributed by atoms with Crippen LogP contribution >= 0.6 is 0 Å². The topological polar surface area (TPSA) is 120 Å². The Kier molecular flexibility index (Phi) is 2.94. The molecule has 8 heteroatoms. The van der Waals surface area contributed by atoms with Crippen LogP contribution in [0.5, 0.6) is 6.01 Å². The Morgan fingerprint density at radius 1 is 1.47 bits per heavy atom. The molecular weight excluding hydrogens is 224 g/mol. The fourth-order valence-electron chi connectivity index (χ4n) is 1.77. The molecule has 1 aromatic rings. The number of ether oxygens (including phenoxy) is 1. The van der Waals surface area contributed by atoms with E-state index in [0.29, 0.717) is 25.5 Å². The molecule has 2 heterocycles. The first-order valence-electron chi connectivity index (χ1n) is 5.20. The van der Waals surface area contributed by atoms with Crippen LogP contribution in [0, 0.1) is 5.92 Å². The molecular formula is C9H14N6O2. The van der Waals surface area contributed by atoms with Gasteiger partial charge in [-0.2, -0.15) is 15.0 Å². The highest BCUT2D eigenvalue weighted by Crippen LogP contribution is 2.21. The third-order valence-electron chi connectivity index (χ3n) is 2.68. The van der Waals surface area contributed by atoms with E-state index in [0.717, 1.165) is 0 Å². The number of hydrogen-bond acceptors (Lipinski definition) is 7. The van der Waals surface area contributed by atoms with Crippen LogP contribution in [-0.2, 0) is 4.79 Å². The maximum absolute atomic E-state index is 11.1. The van der Waals surface area contributed by atoms with Crippen molar-refractivity contribution in [2.45, 2.75) is 6.42 Å². The number of methoxy groups -OCH3 is 1. The number of carbonyl (C=O) groups is 1. The fraction of sp³-hybridized carbons (Fsp3) is 0.556. The molecule has 92 valence electrons. The van der Waals surface area contributed by atoms with E-state index < -0.39 is 0 Å². The first-order valence-corrected chi connectivity index (χ1v) is 5.20. The van der Waals surface area contributed by atoms with E-state index in [1.54, 1.807) is 0 Å². The number of primary amides is 1. The number of amides is 1. The highest BCUT2D eigenvalue weighted by atomic mass is 16.5. The first kappa shape index (κ1) is 11.4. The summed E-state index contributed by atoms with van der Waals surface area (Å²) in [6.45, 7) is 1.17. The van der Waals surface area contributed by atoms with Gasteiger partial charge in [-0.1, -0.05) is 0 Å². The highest BCUT2D eigenvalue weighted by molar-refractivity contribution is 5.78. The van der Waals surface area contributed by atoms with Crippen molar-refractivity contribution in [3.8, 4) is 6.01 Å². The van der Waals surface area contributed by atoms with E-state index in [1.165, 1.54) is 7.11 Å². The first-order chi connectivity index (χ1) is 8.10. The summed E-state index contributed by atoms with van der Waals surface area (Å²) in [7, 11) is 1.45. The predicted octanol–water partition coefficient (Wildman–Crippen LogP) is -1.23. The minimum atomic E-state index is -0.304. The molecule has 1 unspecified atom stereocenters. The SMILES string of the molecule is COc1nc(N)nc(N2CCC(C(N)=O)C2)n1. The van der Waals surface area contributed by atoms with Gasteiger partial charge < -0.3 is 21.1 Å². The van der Waals surface area contributed by atoms with Gasteiger partial charge in [0.05, 0.1) is 13.0 Å². The van der Waals surface area contributed by atoms with Gasteiger partial charge in [0.15, 0.2) is 0 Å². The zero-order valence-electron chi connectivity index (χ0n) is 9.46. The highest BCUT2D eigenvalue weighted by Gasteiger charge is 2.28. The molecule has 2 rings (SSSR count). The van der Waals surface area contributed by atoms with Crippen molar-refractivity contribution >= 4 is 17.8 Å². The Bertz CT molecular complexity index is 437. The maximum Gasteiger partial charge on any atom is 0.322 e. The van der Waals surface area contributed by atoms with Crippen LogP contribution < -0.4 is 21.1 Å². The van der Waals surface area contributed by atoms with Crippen molar-refractivity contribution in [1.29, 1.82) is 0 Å². The molecule has 0 bridgehead atoms. The molecule has 1 aliphatic heterocycles. The second kappa shape index (κ2) is 4.40. The zero-order chi connectivity index (χ0) is 12.4. The van der Waals surface area contributed by atoms with Gasteiger partial charge in [0.1, 0.15) is 0 Å². The molecule has 0 aliphatic carbocycles. The normalized spacial score (nSPS) is 19.4. The fourth-order valence-corrected chi connectivity index (χ4v) is 1.77. The van der Waals surface area contributed by atoms with Crippen LogP contribution in [0.25, 0.3) is 0 Å². The summed E-state index contributed by atoms with van der Waals surface area (Å²) < 4.78 is 4.91. The van der Waals surface area contributed by atoms with E-state index in [9.17, 15) is 4.79 Å². The lowest BCUT2D eigenvalue weighted by atomic mass is 10.1. The van der Waals surface area contributed by atoms with Crippen molar-refractivity contribution in [3.05, 3.63) is 0 Å². The molecule has 1 amide bonds. The van der Waals surface area contributed by atoms with Crippen LogP contribution in [0.3, 0.4) is 0 Å². The third-order valence-corrected chi connectivity index (χ3v) is 2.68. The second-order valence-corrected chi connectivity index (χ2v) is 3.81. The van der Waals surface area contributed by atoms with E-state index in [-0.39, 0.29) is 23.8 Å². The van der Waals surface area contributed by atoms with Crippen molar-refractivity contribution in [2.24, 2.45) is 11.7 Å². The molecule has 1 fully saturated rings. The molecule has 17 heavy (non-hydrogen) atoms. The standard InChI is InChI=1S/C9H14N6O2/c1-17-9-13-7(11)12-8(14-9)15-3-2-5(4-15)6(10)16/h5H,2-4H2,1H3,(H2,10,16)(H2,11,12,13,14). The van der Waals surface area contributed by atoms with E-state index in [2.05, 4.69) is 15.0 Å². The van der Waals surface area contributed by atoms with Crippen LogP contribution in [0.2, 0.25) is 0 Å². The summed E-state index contributed by atoms with van der Waals surface area (Å²) >= 11 is 0. The van der Waals surface area contributed by atoms with Crippen LogP contribution in [0.4, 0.5) is 11.9 Å². The number of rotatable bonds is 3. The molecule has 1 atom stereocenters. The van der Waals surface area contributed by atoms with Gasteiger partial charge in [0, 0.05) is 13.1 Å². The average Bonchev–Trinajstić information content (AvgIpc) is 2.77. The van der Waals surface area contributed by atoms with Crippen LogP contribution in [0.15, 0.2) is 0 Å². The molecule has 8 nitrogen and oxygen atoms in total. The molecule has 0 saturated carbocycles. The largest absolute Gasteiger partial charge is 0.467 e. The molecule has 0 radical (unpaired) electrons. The van der Waals surface area contributed by atoms with Crippen molar-refractivity contribution in [2.75, 3.05) is 30.8 Å². The Balaban J connectivity index is 2.18. The summed E-state index contributed by atoms with van der Waals surface area (Å²) in [6, 6.07) is 0.162. The number of anilines is 2. The molecule has 4 N–H and O–H groups in total. The summed E-state index contributed by atoms with van der Waals surface area (Å²) in [6.07, 6.45) is 0.698. The minimum Gasteiger partial charge on any atom is -0.467 e. The molecule has 1 aromatic heterocycles. The quantitative estimate of drug-likeness (QED) is 0.676. The van der Waals surface area contributed by atoms with Crippen molar-refractivity contribution in [1.82, 2.24) is 15.0 Å². The number of nitrogens with zero attached hydrogens (tertiary/aromatic N) is 4. The number of aromatic nitrogens is 3. The number of hydrogen-bond donors (Lipinski definition) is 2. The second-order valence-electron chi connectivity index (χ2n) is 3.81. The average molecular weight is 238 g/mol. The van der Waals surface area contributed by atoms with Crippen LogP contribution in [-0.4, -0.2) is 41.1 Å². The molecule has 0 spiro atoms. The van der Waals surface area contributed by atoms with Crippen molar-refractivity contribution < 1.29 is 9.53 Å². The monoisotopic (exact) mass is 238 g/mol. The predicted molar refractivity (Wildman–Crippen MR) is 60.3 cm³/mol. The Morgan fingerprint density at radius 2 is 2.24 bits per heavy atom. The zero-order valence-corrected chi connectivity index (χ0v) is 9.46. The van der Waals surface area contributed by atoms with E-state index in [1.807, 2.05) is 4.90 Å². The summed E-state index contributed by atoms with van der Waals surface area (Å²) in [5.41, 5.74) is 10.8. The number of carbonyl (C=O) groups excluding carboxylic acids is 1. The minimum absolute atomic E-state index is 0.0920. The van der Waals surface area contributed by atoms with E-state index >= 15 is 0 Å². The summed E-state index contributed by atoms with van der Waals surface area (Å²) in [5.74, 6) is 0.0351. The van der Waals surface area contributed by atoms with Gasteiger partial charge in [-0.25, -0.2) is 0 Å². The van der Waals surface area contributed by atoms with Gasteiger partial charge in [-0.05, 0) is 6.42 Å². The van der Waals surface area contributed by atoms with Gasteiger partial charge in [-0.3, -0.25) is 4.79 Å². The molecule has 1 saturated heterocycles. The number of nitrogen functional groups attached to an aromatic ring is 1. The lowest BCUT2D eigenvalue weighted by Gasteiger charge is -2.15. The summed E-state index contributed by atoms with van der Waals surface area (Å²) in [4.78, 5) is 24.8. The van der Waals surface area contributed by atoms with Gasteiger partial charge in [-0.15, -0.1) is 0 Å². The summed E-state index contributed by atoms with van der Waals surface area (Å²) in [5, 5.41) is 0. The smallest absolute Gasteiger partial charge is 0.322 e. The number of nitrogens with two attached hydrogens (primary N) is 2. The van der Waals surface area contributed by atoms with Gasteiger partial charge >= 0.3 is 6.01 Å². The van der Waals surface area contributed by atoms with Crippen molar-refractivity contribution in [3.63, 3.8) is 0 Å². The van der Waals surface area contributed by atoms with Crippen LogP contribution in [0.1, 0.15) is 6.42 Å². The molecule has 0 aromatic carbocycles. The van der Waals surface area contributed by atoms with Gasteiger partial charge in [0.2, 0.25) is 17.8 Å². The maximum atomic E-state index is 11.1. The Labute approximate surface area is 98.0 Å². The Hall–Kier alpha value is -2.12. The molecule has 1 aliphatic rings.